The van der Waals surface area contributed by atoms with Gasteiger partial charge >= 0.3 is 0 Å². The molecule has 0 fully saturated rings. The Labute approximate surface area is 74.1 Å². The van der Waals surface area contributed by atoms with Crippen LogP contribution >= 0.6 is 11.6 Å². The van der Waals surface area contributed by atoms with Gasteiger partial charge in [0.1, 0.15) is 0 Å². The highest BCUT2D eigenvalue weighted by atomic mass is 35.5. The van der Waals surface area contributed by atoms with Gasteiger partial charge in [-0.1, -0.05) is 17.7 Å². The van der Waals surface area contributed by atoms with Crippen LogP contribution in [0.2, 0.25) is 0 Å². The predicted octanol–water partition coefficient (Wildman–Crippen LogP) is 1.35. The SMILES string of the molecule is O=S(=O)(c1ccccn1)C(F)Cl. The maximum Gasteiger partial charge on any atom is 0.279 e. The summed E-state index contributed by atoms with van der Waals surface area (Å²) in [6.07, 6.45) is 1.26. The molecule has 1 unspecified atom stereocenters. The van der Waals surface area contributed by atoms with Crippen LogP contribution in [0, 0.1) is 0 Å². The molecule has 12 heavy (non-hydrogen) atoms. The van der Waals surface area contributed by atoms with Crippen molar-refractivity contribution in [2.24, 2.45) is 0 Å². The summed E-state index contributed by atoms with van der Waals surface area (Å²) in [4.78, 5) is 1.02. The summed E-state index contributed by atoms with van der Waals surface area (Å²) >= 11 is 4.81. The molecule has 0 radical (unpaired) electrons. The number of rotatable bonds is 2. The zero-order valence-corrected chi connectivity index (χ0v) is 7.39. The van der Waals surface area contributed by atoms with Crippen LogP contribution in [-0.2, 0) is 9.84 Å². The fourth-order valence-electron chi connectivity index (χ4n) is 0.607. The molecule has 1 aromatic rings. The van der Waals surface area contributed by atoms with E-state index in [0.717, 1.165) is 0 Å². The number of hydrogen-bond donors (Lipinski definition) is 0. The van der Waals surface area contributed by atoms with Crippen LogP contribution in [0.5, 0.6) is 0 Å². The van der Waals surface area contributed by atoms with Gasteiger partial charge in [-0.15, -0.1) is 0 Å². The summed E-state index contributed by atoms with van der Waals surface area (Å²) < 4.78 is 34.2. The van der Waals surface area contributed by atoms with Crippen LogP contribution < -0.4 is 0 Å². The second kappa shape index (κ2) is 3.37. The third-order valence-electron chi connectivity index (χ3n) is 1.16. The number of aromatic nitrogens is 1. The standard InChI is InChI=1S/C6H5ClFNO2S/c7-6(8)12(10,11)5-3-1-2-4-9-5/h1-4,6H. The molecule has 0 aliphatic carbocycles. The molecule has 66 valence electrons. The number of alkyl halides is 2. The van der Waals surface area contributed by atoms with Crippen molar-refractivity contribution >= 4 is 21.4 Å². The van der Waals surface area contributed by atoms with E-state index in [1.54, 1.807) is 0 Å². The zero-order chi connectivity index (χ0) is 9.19. The van der Waals surface area contributed by atoms with E-state index in [2.05, 4.69) is 4.98 Å². The first-order chi connectivity index (χ1) is 5.55. The molecule has 0 aliphatic rings. The van der Waals surface area contributed by atoms with E-state index in [1.807, 2.05) is 0 Å². The molecule has 0 spiro atoms. The Hall–Kier alpha value is -0.680. The van der Waals surface area contributed by atoms with Crippen molar-refractivity contribution in [1.82, 2.24) is 4.98 Å². The van der Waals surface area contributed by atoms with Crippen molar-refractivity contribution < 1.29 is 12.8 Å². The lowest BCUT2D eigenvalue weighted by Gasteiger charge is -2.00. The van der Waals surface area contributed by atoms with Gasteiger partial charge in [-0.25, -0.2) is 17.8 Å². The topological polar surface area (TPSA) is 47.0 Å². The molecule has 3 nitrogen and oxygen atoms in total. The van der Waals surface area contributed by atoms with Crippen molar-refractivity contribution in [1.29, 1.82) is 0 Å². The molecule has 1 rings (SSSR count). The molecule has 1 atom stereocenters. The zero-order valence-electron chi connectivity index (χ0n) is 5.81. The average molecular weight is 210 g/mol. The van der Waals surface area contributed by atoms with Crippen LogP contribution in [0.25, 0.3) is 0 Å². The lowest BCUT2D eigenvalue weighted by Crippen LogP contribution is -2.11. The largest absolute Gasteiger partial charge is 0.279 e. The lowest BCUT2D eigenvalue weighted by atomic mass is 10.5. The molecule has 0 aromatic carbocycles. The van der Waals surface area contributed by atoms with E-state index in [-0.39, 0.29) is 5.03 Å². The summed E-state index contributed by atoms with van der Waals surface area (Å²) in [5.74, 6) is 0. The normalized spacial score (nSPS) is 14.2. The number of pyridine rings is 1. The van der Waals surface area contributed by atoms with E-state index in [1.165, 1.54) is 24.4 Å². The van der Waals surface area contributed by atoms with Gasteiger partial charge in [-0.3, -0.25) is 0 Å². The summed E-state index contributed by atoms with van der Waals surface area (Å²) in [7, 11) is -4.09. The lowest BCUT2D eigenvalue weighted by molar-refractivity contribution is 0.502. The van der Waals surface area contributed by atoms with Crippen molar-refractivity contribution in [2.75, 3.05) is 0 Å². The first-order valence-corrected chi connectivity index (χ1v) is 4.96. The predicted molar refractivity (Wildman–Crippen MR) is 42.2 cm³/mol. The maximum absolute atomic E-state index is 12.3. The summed E-state index contributed by atoms with van der Waals surface area (Å²) in [5, 5.41) is -0.354. The van der Waals surface area contributed by atoms with Gasteiger partial charge in [0.2, 0.25) is 9.84 Å². The second-order valence-corrected chi connectivity index (χ2v) is 4.54. The molecule has 6 heteroatoms. The summed E-state index contributed by atoms with van der Waals surface area (Å²) in [6, 6.07) is 4.16. The van der Waals surface area contributed by atoms with Crippen LogP contribution in [0.15, 0.2) is 29.4 Å². The molecule has 0 bridgehead atoms. The highest BCUT2D eigenvalue weighted by molar-refractivity contribution is 7.93. The Morgan fingerprint density at radius 3 is 2.58 bits per heavy atom. The van der Waals surface area contributed by atoms with Crippen LogP contribution in [0.1, 0.15) is 0 Å². The Balaban J connectivity index is 3.17. The fourth-order valence-corrected chi connectivity index (χ4v) is 1.54. The van der Waals surface area contributed by atoms with E-state index < -0.39 is 14.8 Å². The van der Waals surface area contributed by atoms with Gasteiger partial charge < -0.3 is 0 Å². The Morgan fingerprint density at radius 1 is 1.50 bits per heavy atom. The van der Waals surface area contributed by atoms with E-state index in [4.69, 9.17) is 11.6 Å². The molecule has 1 aromatic heterocycles. The van der Waals surface area contributed by atoms with Crippen molar-refractivity contribution in [3.63, 3.8) is 0 Å². The van der Waals surface area contributed by atoms with Gasteiger partial charge in [0.25, 0.3) is 4.96 Å². The highest BCUT2D eigenvalue weighted by Gasteiger charge is 2.25. The second-order valence-electron chi connectivity index (χ2n) is 1.97. The van der Waals surface area contributed by atoms with Crippen molar-refractivity contribution in [2.45, 2.75) is 9.99 Å². The van der Waals surface area contributed by atoms with E-state index >= 15 is 0 Å². The maximum atomic E-state index is 12.3. The monoisotopic (exact) mass is 209 g/mol. The average Bonchev–Trinajstić information content (AvgIpc) is 2.06. The van der Waals surface area contributed by atoms with Crippen LogP contribution in [0.3, 0.4) is 0 Å². The molecule has 0 amide bonds. The number of sulfone groups is 1. The molecule has 0 N–H and O–H groups in total. The highest BCUT2D eigenvalue weighted by Crippen LogP contribution is 2.16. The molecule has 1 heterocycles. The van der Waals surface area contributed by atoms with Crippen molar-refractivity contribution in [3.05, 3.63) is 24.4 Å². The minimum absolute atomic E-state index is 0.354. The molecule has 0 aliphatic heterocycles. The molecular formula is C6H5ClFNO2S. The minimum Gasteiger partial charge on any atom is -0.245 e. The summed E-state index contributed by atoms with van der Waals surface area (Å²) in [5.41, 5.74) is 0. The number of hydrogen-bond acceptors (Lipinski definition) is 3. The fraction of sp³-hybridized carbons (Fsp3) is 0.167. The first-order valence-electron chi connectivity index (χ1n) is 2.98. The quantitative estimate of drug-likeness (QED) is 0.691. The third kappa shape index (κ3) is 1.73. The summed E-state index contributed by atoms with van der Waals surface area (Å²) in [6.45, 7) is 0. The Morgan fingerprint density at radius 2 is 2.17 bits per heavy atom. The van der Waals surface area contributed by atoms with E-state index in [0.29, 0.717) is 0 Å². The first kappa shape index (κ1) is 9.41. The van der Waals surface area contributed by atoms with Crippen LogP contribution in [0.4, 0.5) is 4.39 Å². The van der Waals surface area contributed by atoms with Gasteiger partial charge in [0.15, 0.2) is 5.03 Å². The van der Waals surface area contributed by atoms with Crippen molar-refractivity contribution in [3.8, 4) is 0 Å². The molecule has 0 saturated heterocycles. The third-order valence-corrected chi connectivity index (χ3v) is 3.16. The molecular weight excluding hydrogens is 205 g/mol. The Bertz CT molecular complexity index is 351. The number of nitrogens with zero attached hydrogens (tertiary/aromatic N) is 1. The van der Waals surface area contributed by atoms with Gasteiger partial charge in [-0.2, -0.15) is 0 Å². The van der Waals surface area contributed by atoms with Crippen LogP contribution in [-0.4, -0.2) is 18.4 Å². The molecule has 0 saturated carbocycles. The van der Waals surface area contributed by atoms with Gasteiger partial charge in [0.05, 0.1) is 0 Å². The van der Waals surface area contributed by atoms with Gasteiger partial charge in [-0.05, 0) is 12.1 Å². The van der Waals surface area contributed by atoms with E-state index in [9.17, 15) is 12.8 Å². The number of halogens is 2. The Kier molecular flexibility index (Phi) is 2.64. The minimum atomic E-state index is -4.09. The smallest absolute Gasteiger partial charge is 0.245 e. The van der Waals surface area contributed by atoms with Gasteiger partial charge in [0, 0.05) is 6.20 Å².